The summed E-state index contributed by atoms with van der Waals surface area (Å²) in [6.45, 7) is 2.07. The average molecular weight is 324 g/mol. The molecular weight excluding hydrogens is 309 g/mol. The monoisotopic (exact) mass is 324 g/mol. The Hall–Kier alpha value is -2.31. The molecule has 0 radical (unpaired) electrons. The minimum Gasteiger partial charge on any atom is -0.360 e. The van der Waals surface area contributed by atoms with E-state index >= 15 is 0 Å². The topological polar surface area (TPSA) is 55.1 Å². The van der Waals surface area contributed by atoms with Gasteiger partial charge >= 0.3 is 6.18 Å². The van der Waals surface area contributed by atoms with Crippen LogP contribution in [-0.2, 0) is 19.0 Å². The van der Waals surface area contributed by atoms with Crippen molar-refractivity contribution in [3.05, 3.63) is 46.8 Å². The Balaban J connectivity index is 1.82. The van der Waals surface area contributed by atoms with E-state index in [1.807, 2.05) is 0 Å². The molecule has 0 saturated carbocycles. The molecule has 1 atom stereocenters. The van der Waals surface area contributed by atoms with Gasteiger partial charge in [-0.2, -0.15) is 13.2 Å². The van der Waals surface area contributed by atoms with E-state index in [0.717, 1.165) is 30.5 Å². The summed E-state index contributed by atoms with van der Waals surface area (Å²) >= 11 is 0. The summed E-state index contributed by atoms with van der Waals surface area (Å²) in [6.07, 6.45) is -2.08. The van der Waals surface area contributed by atoms with Crippen LogP contribution in [0.1, 0.15) is 40.7 Å². The molecule has 1 aromatic heterocycles. The molecule has 1 aliphatic rings. The van der Waals surface area contributed by atoms with Crippen molar-refractivity contribution in [2.75, 3.05) is 5.32 Å². The van der Waals surface area contributed by atoms with E-state index < -0.39 is 17.6 Å². The number of rotatable bonds is 2. The van der Waals surface area contributed by atoms with Crippen LogP contribution in [0.4, 0.5) is 18.9 Å². The molecule has 0 aliphatic heterocycles. The lowest BCUT2D eigenvalue weighted by molar-refractivity contribution is -0.137. The molecule has 0 bridgehead atoms. The van der Waals surface area contributed by atoms with Crippen LogP contribution < -0.4 is 5.32 Å². The molecule has 122 valence electrons. The molecule has 1 amide bonds. The fourth-order valence-corrected chi connectivity index (χ4v) is 2.72. The van der Waals surface area contributed by atoms with Crippen LogP contribution in [0.15, 0.2) is 28.8 Å². The first-order valence-electron chi connectivity index (χ1n) is 7.30. The molecule has 1 heterocycles. The summed E-state index contributed by atoms with van der Waals surface area (Å²) in [6, 6.07) is 4.50. The number of aromatic nitrogens is 1. The van der Waals surface area contributed by atoms with Crippen LogP contribution in [0.25, 0.3) is 0 Å². The Morgan fingerprint density at radius 1 is 1.39 bits per heavy atom. The van der Waals surface area contributed by atoms with E-state index in [4.69, 9.17) is 4.52 Å². The lowest BCUT2D eigenvalue weighted by Gasteiger charge is -2.16. The molecule has 1 N–H and O–H groups in total. The fourth-order valence-electron chi connectivity index (χ4n) is 2.72. The number of anilines is 1. The second kappa shape index (κ2) is 5.72. The summed E-state index contributed by atoms with van der Waals surface area (Å²) in [7, 11) is 0. The van der Waals surface area contributed by atoms with Gasteiger partial charge in [-0.05, 0) is 37.0 Å². The third kappa shape index (κ3) is 3.23. The third-order valence-electron chi connectivity index (χ3n) is 3.95. The van der Waals surface area contributed by atoms with Crippen molar-refractivity contribution >= 4 is 11.6 Å². The van der Waals surface area contributed by atoms with Crippen molar-refractivity contribution < 1.29 is 22.5 Å². The number of carbonyl (C=O) groups excluding carboxylic acids is 1. The molecule has 3 rings (SSSR count). The van der Waals surface area contributed by atoms with Crippen LogP contribution >= 0.6 is 0 Å². The van der Waals surface area contributed by atoms with E-state index in [0.29, 0.717) is 18.1 Å². The smallest absolute Gasteiger partial charge is 0.360 e. The number of fused-ring (bicyclic) bond motifs is 1. The summed E-state index contributed by atoms with van der Waals surface area (Å²) in [4.78, 5) is 12.3. The lowest BCUT2D eigenvalue weighted by Crippen LogP contribution is -2.18. The molecular formula is C16H15F3N2O2. The minimum atomic E-state index is -4.46. The van der Waals surface area contributed by atoms with Gasteiger partial charge in [0.15, 0.2) is 5.69 Å². The van der Waals surface area contributed by atoms with E-state index in [-0.39, 0.29) is 11.4 Å². The Morgan fingerprint density at radius 3 is 2.91 bits per heavy atom. The predicted molar refractivity (Wildman–Crippen MR) is 77.1 cm³/mol. The van der Waals surface area contributed by atoms with E-state index in [9.17, 15) is 18.0 Å². The highest BCUT2D eigenvalue weighted by atomic mass is 19.4. The van der Waals surface area contributed by atoms with Gasteiger partial charge in [0.05, 0.1) is 5.56 Å². The number of carbonyl (C=O) groups is 1. The van der Waals surface area contributed by atoms with Crippen LogP contribution in [0.3, 0.4) is 0 Å². The van der Waals surface area contributed by atoms with Crippen molar-refractivity contribution in [3.8, 4) is 0 Å². The average Bonchev–Trinajstić information content (AvgIpc) is 2.89. The number of nitrogens with one attached hydrogen (secondary N) is 1. The van der Waals surface area contributed by atoms with Crippen LogP contribution in [-0.4, -0.2) is 11.1 Å². The Bertz CT molecular complexity index is 737. The van der Waals surface area contributed by atoms with Crippen LogP contribution in [0.5, 0.6) is 0 Å². The standard InChI is InChI=1S/C16H15F3N2O2/c1-9-5-6-13-12(7-9)14(21-23-13)15(22)20-11-4-2-3-10(8-11)16(17,18)19/h2-4,8-9H,5-7H2,1H3,(H,20,22)/t9-/m1/s1. The Kier molecular flexibility index (Phi) is 3.87. The number of halogens is 3. The van der Waals surface area contributed by atoms with Crippen molar-refractivity contribution in [1.29, 1.82) is 0 Å². The van der Waals surface area contributed by atoms with Gasteiger partial charge in [-0.25, -0.2) is 0 Å². The first kappa shape index (κ1) is 15.6. The number of hydrogen-bond acceptors (Lipinski definition) is 3. The molecule has 1 aliphatic carbocycles. The maximum Gasteiger partial charge on any atom is 0.416 e. The van der Waals surface area contributed by atoms with Gasteiger partial charge in [0, 0.05) is 17.7 Å². The predicted octanol–water partition coefficient (Wildman–Crippen LogP) is 4.07. The van der Waals surface area contributed by atoms with Gasteiger partial charge in [0.2, 0.25) is 0 Å². The molecule has 0 saturated heterocycles. The highest BCUT2D eigenvalue weighted by molar-refractivity contribution is 6.04. The van der Waals surface area contributed by atoms with Crippen molar-refractivity contribution in [1.82, 2.24) is 5.16 Å². The third-order valence-corrected chi connectivity index (χ3v) is 3.95. The molecule has 4 nitrogen and oxygen atoms in total. The number of aryl methyl sites for hydroxylation is 1. The van der Waals surface area contributed by atoms with Gasteiger partial charge < -0.3 is 9.84 Å². The minimum absolute atomic E-state index is 0.0745. The SMILES string of the molecule is C[C@@H]1CCc2onc(C(=O)Nc3cccc(C(F)(F)F)c3)c2C1. The van der Waals surface area contributed by atoms with Crippen LogP contribution in [0.2, 0.25) is 0 Å². The molecule has 1 aromatic carbocycles. The number of benzene rings is 1. The van der Waals surface area contributed by atoms with Gasteiger partial charge in [-0.15, -0.1) is 0 Å². The maximum atomic E-state index is 12.7. The molecule has 0 fully saturated rings. The largest absolute Gasteiger partial charge is 0.416 e. The second-order valence-electron chi connectivity index (χ2n) is 5.81. The second-order valence-corrected chi connectivity index (χ2v) is 5.81. The summed E-state index contributed by atoms with van der Waals surface area (Å²) in [5, 5.41) is 6.25. The van der Waals surface area contributed by atoms with Crippen LogP contribution in [0, 0.1) is 5.92 Å². The molecule has 23 heavy (non-hydrogen) atoms. The molecule has 2 aromatic rings. The Labute approximate surface area is 130 Å². The van der Waals surface area contributed by atoms with E-state index in [1.165, 1.54) is 12.1 Å². The quantitative estimate of drug-likeness (QED) is 0.906. The number of alkyl halides is 3. The first-order chi connectivity index (χ1) is 10.8. The van der Waals surface area contributed by atoms with E-state index in [1.54, 1.807) is 0 Å². The molecule has 7 heteroatoms. The van der Waals surface area contributed by atoms with Gasteiger partial charge in [0.1, 0.15) is 5.76 Å². The van der Waals surface area contributed by atoms with Gasteiger partial charge in [-0.3, -0.25) is 4.79 Å². The lowest BCUT2D eigenvalue weighted by atomic mass is 9.88. The van der Waals surface area contributed by atoms with Crippen molar-refractivity contribution in [3.63, 3.8) is 0 Å². The highest BCUT2D eigenvalue weighted by Crippen LogP contribution is 2.31. The zero-order chi connectivity index (χ0) is 16.6. The first-order valence-corrected chi connectivity index (χ1v) is 7.30. The zero-order valence-electron chi connectivity index (χ0n) is 12.4. The van der Waals surface area contributed by atoms with Crippen molar-refractivity contribution in [2.24, 2.45) is 5.92 Å². The van der Waals surface area contributed by atoms with Gasteiger partial charge in [-0.1, -0.05) is 18.1 Å². The maximum absolute atomic E-state index is 12.7. The van der Waals surface area contributed by atoms with E-state index in [2.05, 4.69) is 17.4 Å². The summed E-state index contributed by atoms with van der Waals surface area (Å²) < 4.78 is 43.3. The zero-order valence-corrected chi connectivity index (χ0v) is 12.4. The molecule has 0 unspecified atom stereocenters. The summed E-state index contributed by atoms with van der Waals surface area (Å²) in [5.41, 5.74) is 0.175. The van der Waals surface area contributed by atoms with Gasteiger partial charge in [0.25, 0.3) is 5.91 Å². The summed E-state index contributed by atoms with van der Waals surface area (Å²) in [5.74, 6) is 0.558. The fraction of sp³-hybridized carbons (Fsp3) is 0.375. The number of amides is 1. The highest BCUT2D eigenvalue weighted by Gasteiger charge is 2.31. The number of nitrogens with zero attached hydrogens (tertiary/aromatic N) is 1. The Morgan fingerprint density at radius 2 is 2.17 bits per heavy atom. The van der Waals surface area contributed by atoms with Crippen molar-refractivity contribution in [2.45, 2.75) is 32.4 Å². The molecule has 0 spiro atoms. The number of hydrogen-bond donors (Lipinski definition) is 1. The normalized spacial score (nSPS) is 17.7.